The van der Waals surface area contributed by atoms with Crippen LogP contribution in [0, 0.1) is 103 Å². The summed E-state index contributed by atoms with van der Waals surface area (Å²) < 4.78 is 0. The number of nitrogens with zero attached hydrogens (tertiary/aromatic N) is 6. The summed E-state index contributed by atoms with van der Waals surface area (Å²) in [5.74, 6) is 29.0. The van der Waals surface area contributed by atoms with Crippen molar-refractivity contribution in [2.45, 2.75) is 55.4 Å². The second-order valence-electron chi connectivity index (χ2n) is 29.7. The summed E-state index contributed by atoms with van der Waals surface area (Å²) in [6, 6.07) is 111. The van der Waals surface area contributed by atoms with Crippen molar-refractivity contribution in [1.82, 2.24) is 19.9 Å². The van der Waals surface area contributed by atoms with Gasteiger partial charge in [0.05, 0.1) is 67.1 Å². The van der Waals surface area contributed by atoms with Gasteiger partial charge in [0.1, 0.15) is 0 Å². The molecule has 8 nitrogen and oxygen atoms in total. The quantitative estimate of drug-likeness (QED) is 0.119. The maximum atomic E-state index is 5.54. The van der Waals surface area contributed by atoms with Gasteiger partial charge in [-0.05, 0) is 298 Å². The number of hydrogen-bond donors (Lipinski definition) is 2. The average molecular weight is 1490 g/mol. The van der Waals surface area contributed by atoms with Crippen molar-refractivity contribution in [3.63, 3.8) is 0 Å². The predicted molar refractivity (Wildman–Crippen MR) is 485 cm³/mol. The zero-order valence-electron chi connectivity index (χ0n) is 66.0. The second-order valence-corrected chi connectivity index (χ2v) is 29.7. The molecule has 0 aliphatic carbocycles. The van der Waals surface area contributed by atoms with Crippen LogP contribution in [0.2, 0.25) is 0 Å². The molecule has 0 amide bonds. The van der Waals surface area contributed by atoms with Crippen molar-refractivity contribution in [3.05, 3.63) is 427 Å². The van der Waals surface area contributed by atoms with Gasteiger partial charge in [0.25, 0.3) is 0 Å². The van der Waals surface area contributed by atoms with Gasteiger partial charge >= 0.3 is 0 Å². The SMILES string of the molecule is Cc1ccc(N(c2ccc(C)cc2)c2ccc(C#Cc3c4nc(c(C#Cc5ccc(N(c6ccc(C)cc6)c6ccc(C)cc6)cc5)c5ccc([nH]5)c(C#Cc5ccc(N(c6ccc(C)cc6)c6ccc(C)cc6)cc5)c5nc(c(C#Cc6ccc(N(c7ccc(C)cc7)c7ccc(C)cc7)cc6)c6ccc3[nH]6)C=C5)C=C4)cc2)cc1. The molecule has 8 bridgehead atoms. The van der Waals surface area contributed by atoms with Crippen molar-refractivity contribution in [1.29, 1.82) is 0 Å². The lowest BCUT2D eigenvalue weighted by molar-refractivity contribution is 1.27. The van der Waals surface area contributed by atoms with E-state index in [0.29, 0.717) is 45.0 Å². The molecule has 0 fully saturated rings. The van der Waals surface area contributed by atoms with Crippen LogP contribution in [0.15, 0.2) is 315 Å². The van der Waals surface area contributed by atoms with E-state index >= 15 is 0 Å². The van der Waals surface area contributed by atoms with Crippen LogP contribution in [-0.2, 0) is 0 Å². The van der Waals surface area contributed by atoms with E-state index in [0.717, 1.165) is 113 Å². The molecule has 15 aromatic rings. The van der Waals surface area contributed by atoms with E-state index in [-0.39, 0.29) is 0 Å². The van der Waals surface area contributed by atoms with Gasteiger partial charge in [-0.25, -0.2) is 9.97 Å². The van der Waals surface area contributed by atoms with Crippen LogP contribution < -0.4 is 19.6 Å². The molecule has 2 aliphatic rings. The lowest BCUT2D eigenvalue weighted by Gasteiger charge is -2.25. The summed E-state index contributed by atoms with van der Waals surface area (Å²) in [5.41, 5.74) is 33.8. The van der Waals surface area contributed by atoms with Crippen LogP contribution in [0.4, 0.5) is 68.2 Å². The van der Waals surface area contributed by atoms with Crippen LogP contribution >= 0.6 is 0 Å². The monoisotopic (exact) mass is 1490 g/mol. The average Bonchev–Trinajstić information content (AvgIpc) is 1.58. The third-order valence-electron chi connectivity index (χ3n) is 20.9. The highest BCUT2D eigenvalue weighted by molar-refractivity contribution is 5.90. The number of aryl methyl sites for hydroxylation is 8. The van der Waals surface area contributed by atoms with Crippen molar-refractivity contribution in [2.75, 3.05) is 19.6 Å². The number of nitrogens with one attached hydrogen (secondary N) is 2. The minimum Gasteiger partial charge on any atom is -0.353 e. The Hall–Kier alpha value is -15.3. The first-order chi connectivity index (χ1) is 56.7. The van der Waals surface area contributed by atoms with Crippen molar-refractivity contribution < 1.29 is 0 Å². The van der Waals surface area contributed by atoms with Crippen LogP contribution in [0.25, 0.3) is 46.4 Å². The van der Waals surface area contributed by atoms with Gasteiger partial charge in [-0.2, -0.15) is 0 Å². The van der Waals surface area contributed by atoms with Gasteiger partial charge in [-0.1, -0.05) is 189 Å². The maximum absolute atomic E-state index is 5.54. The smallest absolute Gasteiger partial charge is 0.0815 e. The van der Waals surface area contributed by atoms with Crippen LogP contribution in [0.1, 0.15) is 112 Å². The summed E-state index contributed by atoms with van der Waals surface area (Å²) in [5, 5.41) is 0. The van der Waals surface area contributed by atoms with Gasteiger partial charge in [0, 0.05) is 90.5 Å². The molecule has 17 rings (SSSR count). The molecule has 3 aromatic heterocycles. The fourth-order valence-electron chi connectivity index (χ4n) is 14.4. The molecule has 0 radical (unpaired) electrons. The van der Waals surface area contributed by atoms with E-state index in [1.807, 2.05) is 24.3 Å². The van der Waals surface area contributed by atoms with E-state index < -0.39 is 0 Å². The molecule has 116 heavy (non-hydrogen) atoms. The Morgan fingerprint density at radius 2 is 0.310 bits per heavy atom. The molecule has 0 atom stereocenters. The normalized spacial score (nSPS) is 11.1. The number of H-pyrrole nitrogens is 2. The van der Waals surface area contributed by atoms with Crippen LogP contribution in [0.3, 0.4) is 0 Å². The summed E-state index contributed by atoms with van der Waals surface area (Å²) in [7, 11) is 0. The van der Waals surface area contributed by atoms with Gasteiger partial charge < -0.3 is 29.6 Å². The number of aromatic nitrogens is 4. The van der Waals surface area contributed by atoms with E-state index in [1.54, 1.807) is 0 Å². The Bertz CT molecular complexity index is 5700. The van der Waals surface area contributed by atoms with Crippen molar-refractivity contribution in [2.24, 2.45) is 0 Å². The number of aromatic amines is 2. The molecule has 554 valence electrons. The van der Waals surface area contributed by atoms with E-state index in [1.165, 1.54) is 44.5 Å². The van der Waals surface area contributed by atoms with E-state index in [4.69, 9.17) is 9.97 Å². The minimum atomic E-state index is 0.661. The Morgan fingerprint density at radius 1 is 0.172 bits per heavy atom. The third-order valence-corrected chi connectivity index (χ3v) is 20.9. The highest BCUT2D eigenvalue weighted by Crippen LogP contribution is 2.41. The molecule has 8 heteroatoms. The molecule has 5 heterocycles. The molecule has 12 aromatic carbocycles. The van der Waals surface area contributed by atoms with Crippen LogP contribution in [0.5, 0.6) is 0 Å². The molecular formula is C108H82N8. The van der Waals surface area contributed by atoms with Crippen molar-refractivity contribution >= 4 is 115 Å². The lowest BCUT2D eigenvalue weighted by Crippen LogP contribution is -2.09. The Labute approximate surface area is 679 Å². The zero-order valence-corrected chi connectivity index (χ0v) is 66.0. The van der Waals surface area contributed by atoms with Crippen molar-refractivity contribution in [3.8, 4) is 47.4 Å². The molecule has 2 aliphatic heterocycles. The first-order valence-electron chi connectivity index (χ1n) is 39.1. The maximum Gasteiger partial charge on any atom is 0.0815 e. The predicted octanol–water partition coefficient (Wildman–Crippen LogP) is 26.6. The number of rotatable bonds is 12. The summed E-state index contributed by atoms with van der Waals surface area (Å²) >= 11 is 0. The molecule has 0 saturated carbocycles. The zero-order chi connectivity index (χ0) is 79.2. The topological polar surface area (TPSA) is 70.3 Å². The van der Waals surface area contributed by atoms with Gasteiger partial charge in [-0.15, -0.1) is 0 Å². The fourth-order valence-corrected chi connectivity index (χ4v) is 14.4. The fraction of sp³-hybridized carbons (Fsp3) is 0.0741. The number of benzene rings is 12. The van der Waals surface area contributed by atoms with Gasteiger partial charge in [0.15, 0.2) is 0 Å². The Kier molecular flexibility index (Phi) is 20.6. The number of fused-ring (bicyclic) bond motifs is 8. The Balaban J connectivity index is 0.836. The highest BCUT2D eigenvalue weighted by Gasteiger charge is 2.20. The largest absolute Gasteiger partial charge is 0.353 e. The molecule has 0 unspecified atom stereocenters. The Morgan fingerprint density at radius 3 is 0.457 bits per heavy atom. The summed E-state index contributed by atoms with van der Waals surface area (Å²) in [6.45, 7) is 16.9. The van der Waals surface area contributed by atoms with Gasteiger partial charge in [-0.3, -0.25) is 0 Å². The molecular weight excluding hydrogens is 1410 g/mol. The van der Waals surface area contributed by atoms with E-state index in [9.17, 15) is 0 Å². The van der Waals surface area contributed by atoms with Gasteiger partial charge in [0.2, 0.25) is 0 Å². The summed E-state index contributed by atoms with van der Waals surface area (Å²) in [4.78, 5) is 27.9. The lowest BCUT2D eigenvalue weighted by atomic mass is 10.1. The summed E-state index contributed by atoms with van der Waals surface area (Å²) in [6.07, 6.45) is 8.17. The second kappa shape index (κ2) is 32.6. The number of hydrogen-bond acceptors (Lipinski definition) is 6. The molecule has 0 saturated heterocycles. The highest BCUT2D eigenvalue weighted by atomic mass is 15.2. The molecule has 2 N–H and O–H groups in total. The van der Waals surface area contributed by atoms with Crippen LogP contribution in [-0.4, -0.2) is 19.9 Å². The standard InChI is InChI=1S/C108H82N8/c1-73-9-37-85(38-10-73)113(86-39-11-74(2)12-40-86)93-53-25-81(26-54-93)33-61-97-101-65-67-103(109-101)98(62-34-82-27-55-94(56-28-82)114(87-41-13-75(3)14-42-87)88-43-15-76(4)16-44-88)105-69-71-107(111-105)100(64-36-84-31-59-96(60-32-84)116(91-49-21-79(7)22-50-91)92-51-23-80(8)24-52-92)108-72-70-106(112-108)99(104-68-66-102(97)110-104)63-35-83-29-57-95(58-30-83)115(89-45-17-77(5)18-46-89)90-47-19-78(6)20-48-90/h9-32,37-60,65-72,109,112H,1-8H3. The van der Waals surface area contributed by atoms with E-state index in [2.05, 4.69) is 448 Å². The first kappa shape index (κ1) is 73.5. The molecule has 0 spiro atoms. The minimum absolute atomic E-state index is 0.661. The first-order valence-corrected chi connectivity index (χ1v) is 39.1. The third kappa shape index (κ3) is 16.3. The number of anilines is 12.